The fourth-order valence-corrected chi connectivity index (χ4v) is 6.18. The Morgan fingerprint density at radius 3 is 2.48 bits per heavy atom. The number of aliphatic hydroxyl groups excluding tert-OH is 1. The molecule has 0 bridgehead atoms. The number of rotatable bonds is 3. The molecule has 5 atom stereocenters. The second-order valence-electron chi connectivity index (χ2n) is 9.20. The van der Waals surface area contributed by atoms with Crippen molar-refractivity contribution >= 4 is 5.91 Å². The Morgan fingerprint density at radius 1 is 1.06 bits per heavy atom. The van der Waals surface area contributed by atoms with Gasteiger partial charge in [0.15, 0.2) is 0 Å². The highest BCUT2D eigenvalue weighted by Crippen LogP contribution is 2.59. The van der Waals surface area contributed by atoms with E-state index in [1.807, 2.05) is 48.5 Å². The Balaban J connectivity index is 1.63. The normalized spacial score (nSPS) is 32.5. The molecule has 4 nitrogen and oxygen atoms in total. The molecule has 1 aliphatic heterocycles. The van der Waals surface area contributed by atoms with Gasteiger partial charge >= 0.3 is 0 Å². The Bertz CT molecular complexity index is 1030. The van der Waals surface area contributed by atoms with Gasteiger partial charge < -0.3 is 10.0 Å². The fraction of sp³-hybridized carbons (Fsp3) is 0.407. The number of carbonyl (C=O) groups excluding carboxylic acids is 1. The number of aliphatic hydroxyl groups is 1. The lowest BCUT2D eigenvalue weighted by Crippen LogP contribution is -2.61. The first-order chi connectivity index (χ1) is 15.1. The van der Waals surface area contributed by atoms with Crippen LogP contribution in [0.3, 0.4) is 0 Å². The smallest absolute Gasteiger partial charge is 0.246 e. The molecule has 1 amide bonds. The Kier molecular flexibility index (Phi) is 5.16. The molecule has 3 aliphatic rings. The SMILES string of the molecule is N#C[C@]12C(=O)N(Cc3ccccc3)[C@@H](O)C[C@H]1C=C1CCCCC1[C@@H]2c1ccccc1. The summed E-state index contributed by atoms with van der Waals surface area (Å²) in [5.74, 6) is -0.453. The number of allylic oxidation sites excluding steroid dienone is 2. The molecule has 0 spiro atoms. The molecule has 4 heteroatoms. The van der Waals surface area contributed by atoms with Crippen LogP contribution < -0.4 is 0 Å². The summed E-state index contributed by atoms with van der Waals surface area (Å²) < 4.78 is 0. The van der Waals surface area contributed by atoms with Crippen LogP contribution in [-0.2, 0) is 11.3 Å². The van der Waals surface area contributed by atoms with Gasteiger partial charge in [0.25, 0.3) is 0 Å². The molecule has 31 heavy (non-hydrogen) atoms. The van der Waals surface area contributed by atoms with Crippen molar-refractivity contribution in [2.75, 3.05) is 0 Å². The average Bonchev–Trinajstić information content (AvgIpc) is 2.81. The number of nitrogens with zero attached hydrogens (tertiary/aromatic N) is 2. The van der Waals surface area contributed by atoms with E-state index in [4.69, 9.17) is 0 Å². The number of carbonyl (C=O) groups is 1. The summed E-state index contributed by atoms with van der Waals surface area (Å²) in [7, 11) is 0. The molecular weight excluding hydrogens is 384 g/mol. The predicted octanol–water partition coefficient (Wildman–Crippen LogP) is 4.78. The zero-order valence-corrected chi connectivity index (χ0v) is 17.7. The minimum atomic E-state index is -1.18. The Hall–Kier alpha value is -2.90. The third-order valence-corrected chi connectivity index (χ3v) is 7.58. The maximum atomic E-state index is 14.1. The second kappa shape index (κ2) is 7.98. The van der Waals surface area contributed by atoms with Crippen molar-refractivity contribution in [1.82, 2.24) is 4.90 Å². The molecule has 1 unspecified atom stereocenters. The summed E-state index contributed by atoms with van der Waals surface area (Å²) in [6, 6.07) is 22.4. The molecule has 0 aromatic heterocycles. The molecule has 2 aliphatic carbocycles. The minimum absolute atomic E-state index is 0.178. The van der Waals surface area contributed by atoms with Crippen LogP contribution in [0.4, 0.5) is 0 Å². The summed E-state index contributed by atoms with van der Waals surface area (Å²) in [6.45, 7) is 0.319. The maximum Gasteiger partial charge on any atom is 0.246 e. The lowest BCUT2D eigenvalue weighted by Gasteiger charge is -2.54. The first-order valence-corrected chi connectivity index (χ1v) is 11.3. The summed E-state index contributed by atoms with van der Waals surface area (Å²) in [5.41, 5.74) is 2.23. The molecule has 2 aromatic rings. The van der Waals surface area contributed by atoms with E-state index < -0.39 is 11.6 Å². The molecule has 1 saturated heterocycles. The van der Waals surface area contributed by atoms with E-state index >= 15 is 0 Å². The highest BCUT2D eigenvalue weighted by Gasteiger charge is 2.62. The van der Waals surface area contributed by atoms with Crippen LogP contribution in [0.5, 0.6) is 0 Å². The van der Waals surface area contributed by atoms with Crippen LogP contribution in [0, 0.1) is 28.6 Å². The lowest BCUT2D eigenvalue weighted by atomic mass is 9.51. The molecule has 2 fully saturated rings. The summed E-state index contributed by atoms with van der Waals surface area (Å²) in [6.07, 6.45) is 6.04. The van der Waals surface area contributed by atoms with Crippen LogP contribution in [0.2, 0.25) is 0 Å². The van der Waals surface area contributed by atoms with Gasteiger partial charge in [-0.15, -0.1) is 0 Å². The van der Waals surface area contributed by atoms with E-state index in [9.17, 15) is 15.2 Å². The number of piperidine rings is 1. The number of benzene rings is 2. The van der Waals surface area contributed by atoms with Crippen molar-refractivity contribution in [3.8, 4) is 6.07 Å². The number of hydrogen-bond donors (Lipinski definition) is 1. The molecule has 2 aromatic carbocycles. The van der Waals surface area contributed by atoms with E-state index in [2.05, 4.69) is 24.3 Å². The number of likely N-dealkylation sites (tertiary alicyclic amines) is 1. The van der Waals surface area contributed by atoms with Crippen LogP contribution in [-0.4, -0.2) is 22.1 Å². The van der Waals surface area contributed by atoms with Gasteiger partial charge in [-0.2, -0.15) is 5.26 Å². The summed E-state index contributed by atoms with van der Waals surface area (Å²) in [4.78, 5) is 15.6. The molecule has 1 N–H and O–H groups in total. The number of hydrogen-bond acceptors (Lipinski definition) is 3. The second-order valence-corrected chi connectivity index (χ2v) is 9.20. The van der Waals surface area contributed by atoms with Crippen LogP contribution in [0.1, 0.15) is 49.1 Å². The topological polar surface area (TPSA) is 64.3 Å². The van der Waals surface area contributed by atoms with Crippen molar-refractivity contribution in [1.29, 1.82) is 5.26 Å². The van der Waals surface area contributed by atoms with E-state index in [0.29, 0.717) is 13.0 Å². The van der Waals surface area contributed by atoms with Gasteiger partial charge in [-0.1, -0.05) is 78.7 Å². The van der Waals surface area contributed by atoms with Crippen LogP contribution in [0.15, 0.2) is 72.3 Å². The number of fused-ring (bicyclic) bond motifs is 2. The van der Waals surface area contributed by atoms with E-state index in [1.54, 1.807) is 0 Å². The molecule has 5 rings (SSSR count). The Morgan fingerprint density at radius 2 is 1.77 bits per heavy atom. The van der Waals surface area contributed by atoms with Gasteiger partial charge in [0.2, 0.25) is 5.91 Å². The van der Waals surface area contributed by atoms with Crippen molar-refractivity contribution in [2.24, 2.45) is 17.3 Å². The van der Waals surface area contributed by atoms with E-state index in [-0.39, 0.29) is 23.7 Å². The molecule has 1 heterocycles. The fourth-order valence-electron chi connectivity index (χ4n) is 6.18. The molecule has 1 saturated carbocycles. The monoisotopic (exact) mass is 412 g/mol. The summed E-state index contributed by atoms with van der Waals surface area (Å²) >= 11 is 0. The highest BCUT2D eigenvalue weighted by molar-refractivity contribution is 5.89. The average molecular weight is 413 g/mol. The first-order valence-electron chi connectivity index (χ1n) is 11.3. The van der Waals surface area contributed by atoms with Gasteiger partial charge in [0.05, 0.1) is 6.07 Å². The molecular formula is C27H28N2O2. The van der Waals surface area contributed by atoms with Gasteiger partial charge in [0, 0.05) is 24.8 Å². The van der Waals surface area contributed by atoms with E-state index in [0.717, 1.165) is 36.8 Å². The predicted molar refractivity (Wildman–Crippen MR) is 118 cm³/mol. The van der Waals surface area contributed by atoms with Crippen molar-refractivity contribution < 1.29 is 9.90 Å². The zero-order valence-electron chi connectivity index (χ0n) is 17.7. The quantitative estimate of drug-likeness (QED) is 0.738. The van der Waals surface area contributed by atoms with Crippen molar-refractivity contribution in [3.05, 3.63) is 83.4 Å². The third kappa shape index (κ3) is 3.20. The van der Waals surface area contributed by atoms with Crippen molar-refractivity contribution in [3.63, 3.8) is 0 Å². The Labute approximate surface area is 183 Å². The lowest BCUT2D eigenvalue weighted by molar-refractivity contribution is -0.167. The van der Waals surface area contributed by atoms with Crippen molar-refractivity contribution in [2.45, 2.75) is 50.8 Å². The number of amides is 1. The van der Waals surface area contributed by atoms with Crippen LogP contribution in [0.25, 0.3) is 0 Å². The molecule has 158 valence electrons. The van der Waals surface area contributed by atoms with Gasteiger partial charge in [-0.05, 0) is 36.3 Å². The molecule has 0 radical (unpaired) electrons. The van der Waals surface area contributed by atoms with E-state index in [1.165, 1.54) is 10.5 Å². The van der Waals surface area contributed by atoms with Gasteiger partial charge in [-0.3, -0.25) is 4.79 Å². The zero-order chi connectivity index (χ0) is 21.4. The first kappa shape index (κ1) is 20.0. The number of nitriles is 1. The van der Waals surface area contributed by atoms with Gasteiger partial charge in [-0.25, -0.2) is 0 Å². The largest absolute Gasteiger partial charge is 0.373 e. The minimum Gasteiger partial charge on any atom is -0.373 e. The summed E-state index contributed by atoms with van der Waals surface area (Å²) in [5, 5.41) is 21.6. The highest BCUT2D eigenvalue weighted by atomic mass is 16.3. The van der Waals surface area contributed by atoms with Crippen LogP contribution >= 0.6 is 0 Å². The third-order valence-electron chi connectivity index (χ3n) is 7.58. The van der Waals surface area contributed by atoms with Gasteiger partial charge in [0.1, 0.15) is 11.6 Å². The standard InChI is InChI=1S/C27H28N2O2/c28-18-27-22(16-24(30)29(26(27)31)17-19-9-3-1-4-10-19)15-21-13-7-8-14-23(21)25(27)20-11-5-2-6-12-20/h1-6,9-12,15,22-25,30H,7-8,13-14,16-17H2/t22-,23?,24+,25+,27+/m1/s1. The maximum absolute atomic E-state index is 14.1.